The quantitative estimate of drug-likeness (QED) is 0.223. The molecule has 262 valence electrons. The van der Waals surface area contributed by atoms with E-state index in [1.54, 1.807) is 24.3 Å². The molecule has 3 aromatic heterocycles. The predicted octanol–water partition coefficient (Wildman–Crippen LogP) is 6.08. The summed E-state index contributed by atoms with van der Waals surface area (Å²) in [6.45, 7) is 12.5. The Labute approximate surface area is 298 Å². The van der Waals surface area contributed by atoms with Crippen LogP contribution in [0, 0.1) is 26.2 Å². The monoisotopic (exact) mass is 714 g/mol. The van der Waals surface area contributed by atoms with Gasteiger partial charge in [-0.05, 0) is 63.8 Å². The van der Waals surface area contributed by atoms with E-state index in [0.717, 1.165) is 67.2 Å². The van der Waals surface area contributed by atoms with Crippen LogP contribution in [0.5, 0.6) is 0 Å². The van der Waals surface area contributed by atoms with Crippen LogP contribution in [-0.4, -0.2) is 68.2 Å². The molecule has 13 heteroatoms. The van der Waals surface area contributed by atoms with Crippen LogP contribution in [0.25, 0.3) is 22.3 Å². The average Bonchev–Trinajstić information content (AvgIpc) is 3.80. The molecule has 11 nitrogen and oxygen atoms in total. The van der Waals surface area contributed by atoms with E-state index >= 15 is 0 Å². The second kappa shape index (κ2) is 11.8. The van der Waals surface area contributed by atoms with Crippen LogP contribution in [0.1, 0.15) is 72.8 Å². The molecule has 2 aromatic carbocycles. The summed E-state index contributed by atoms with van der Waals surface area (Å²) in [5, 5.41) is 21.7. The van der Waals surface area contributed by atoms with Crippen molar-refractivity contribution in [3.63, 3.8) is 0 Å². The predicted molar refractivity (Wildman–Crippen MR) is 196 cm³/mol. The Balaban J connectivity index is 1.28. The van der Waals surface area contributed by atoms with Gasteiger partial charge in [-0.15, -0.1) is 0 Å². The van der Waals surface area contributed by atoms with Gasteiger partial charge in [-0.2, -0.15) is 22.7 Å². The summed E-state index contributed by atoms with van der Waals surface area (Å²) in [5.41, 5.74) is 6.39. The summed E-state index contributed by atoms with van der Waals surface area (Å²) in [7, 11) is -2.00. The van der Waals surface area contributed by atoms with Crippen molar-refractivity contribution in [2.24, 2.45) is 12.5 Å². The van der Waals surface area contributed by atoms with Gasteiger partial charge in [0.15, 0.2) is 5.82 Å². The summed E-state index contributed by atoms with van der Waals surface area (Å²) in [4.78, 5) is 15.3. The van der Waals surface area contributed by atoms with Crippen molar-refractivity contribution in [1.29, 1.82) is 0 Å². The van der Waals surface area contributed by atoms with Crippen LogP contribution in [-0.2, 0) is 30.0 Å². The number of hydrogen-bond acceptors (Lipinski definition) is 9. The number of piperidine rings is 1. The van der Waals surface area contributed by atoms with Crippen LogP contribution < -0.4 is 9.80 Å². The molecular formula is C37H43ClN8O3S. The number of nitrogens with zero attached hydrogens (tertiary/aromatic N) is 8. The molecule has 0 radical (unpaired) electrons. The van der Waals surface area contributed by atoms with Crippen molar-refractivity contribution in [2.75, 3.05) is 29.4 Å². The van der Waals surface area contributed by atoms with Crippen molar-refractivity contribution in [1.82, 2.24) is 28.9 Å². The first kappa shape index (κ1) is 33.2. The lowest BCUT2D eigenvalue weighted by Crippen LogP contribution is -2.49. The third-order valence-corrected chi connectivity index (χ3v) is 12.7. The zero-order valence-electron chi connectivity index (χ0n) is 29.4. The van der Waals surface area contributed by atoms with E-state index < -0.39 is 16.1 Å². The fraction of sp³-hybridized carbons (Fsp3) is 0.459. The Morgan fingerprint density at radius 2 is 1.68 bits per heavy atom. The lowest BCUT2D eigenvalue weighted by Gasteiger charge is -2.43. The van der Waals surface area contributed by atoms with Gasteiger partial charge in [-0.3, -0.25) is 4.68 Å². The van der Waals surface area contributed by atoms with Crippen LogP contribution in [0.15, 0.2) is 41.3 Å². The maximum Gasteiger partial charge on any atom is 0.283 e. The Morgan fingerprint density at radius 1 is 0.940 bits per heavy atom. The van der Waals surface area contributed by atoms with Gasteiger partial charge in [0.05, 0.1) is 33.6 Å². The van der Waals surface area contributed by atoms with Crippen molar-refractivity contribution in [3.05, 3.63) is 75.2 Å². The number of rotatable bonds is 6. The van der Waals surface area contributed by atoms with E-state index in [0.29, 0.717) is 67.4 Å². The van der Waals surface area contributed by atoms with Gasteiger partial charge < -0.3 is 14.9 Å². The first-order valence-electron chi connectivity index (χ1n) is 17.4. The molecule has 3 aliphatic rings. The Bertz CT molecular complexity index is 2270. The van der Waals surface area contributed by atoms with Crippen LogP contribution in [0.3, 0.4) is 0 Å². The Morgan fingerprint density at radius 3 is 2.38 bits per heavy atom. The molecule has 0 amide bonds. The summed E-state index contributed by atoms with van der Waals surface area (Å²) in [6, 6.07) is 10.6. The Hall–Kier alpha value is -4.00. The molecule has 50 heavy (non-hydrogen) atoms. The molecule has 5 aromatic rings. The number of aliphatic hydroxyl groups is 1. The highest BCUT2D eigenvalue weighted by molar-refractivity contribution is 7.90. The fourth-order valence-electron chi connectivity index (χ4n) is 7.69. The lowest BCUT2D eigenvalue weighted by atomic mass is 9.81. The van der Waals surface area contributed by atoms with E-state index in [1.807, 2.05) is 44.6 Å². The van der Waals surface area contributed by atoms with Crippen molar-refractivity contribution >= 4 is 44.2 Å². The lowest BCUT2D eigenvalue weighted by molar-refractivity contribution is 0.0333. The fourth-order valence-corrected chi connectivity index (χ4v) is 9.45. The van der Waals surface area contributed by atoms with Gasteiger partial charge in [-0.1, -0.05) is 49.2 Å². The molecule has 2 aliphatic heterocycles. The molecule has 1 aliphatic carbocycles. The van der Waals surface area contributed by atoms with Crippen LogP contribution in [0.4, 0.5) is 11.6 Å². The molecule has 1 atom stereocenters. The second-order valence-corrected chi connectivity index (χ2v) is 17.1. The molecule has 1 N–H and O–H groups in total. The number of hydrogen-bond donors (Lipinski definition) is 1. The third kappa shape index (κ3) is 5.38. The largest absolute Gasteiger partial charge is 0.392 e. The topological polar surface area (TPSA) is 122 Å². The first-order chi connectivity index (χ1) is 23.7. The van der Waals surface area contributed by atoms with Gasteiger partial charge in [0, 0.05) is 67.5 Å². The van der Waals surface area contributed by atoms with E-state index in [-0.39, 0.29) is 10.3 Å². The maximum absolute atomic E-state index is 13.9. The van der Waals surface area contributed by atoms with Gasteiger partial charge in [-0.25, -0.2) is 9.97 Å². The highest BCUT2D eigenvalue weighted by Crippen LogP contribution is 2.46. The molecular weight excluding hydrogens is 672 g/mol. The number of aryl methyl sites for hydroxylation is 4. The summed E-state index contributed by atoms with van der Waals surface area (Å²) in [5.74, 6) is 2.74. The minimum atomic E-state index is -3.96. The van der Waals surface area contributed by atoms with Crippen LogP contribution >= 0.6 is 11.6 Å². The second-order valence-electron chi connectivity index (χ2n) is 15.0. The summed E-state index contributed by atoms with van der Waals surface area (Å²) >= 11 is 6.99. The zero-order valence-corrected chi connectivity index (χ0v) is 31.0. The van der Waals surface area contributed by atoms with Crippen molar-refractivity contribution in [2.45, 2.75) is 83.8 Å². The highest BCUT2D eigenvalue weighted by atomic mass is 35.5. The standard InChI is InChI=1S/C37H43ClN8O3S/c1-21-7-12-25(13-8-21)50(48,49)46-28-14-9-22(2)30(31(28)23(3)41-46)34-39-27-15-17-44(36-32(38)33(24-10-11-24)42-43(36)6)19-26(27)35(40-34)45-18-16-29(47)37(4,5)20-45/h7-9,12-14,24,29,47H,10-11,15-20H2,1-6H3/t29-/m1/s1. The molecule has 8 rings (SSSR count). The third-order valence-electron chi connectivity index (χ3n) is 10.7. The number of halogens is 1. The number of anilines is 2. The van der Waals surface area contributed by atoms with Gasteiger partial charge >= 0.3 is 0 Å². The molecule has 2 fully saturated rings. The minimum Gasteiger partial charge on any atom is -0.392 e. The van der Waals surface area contributed by atoms with Crippen LogP contribution in [0.2, 0.25) is 5.02 Å². The molecule has 5 heterocycles. The Kier molecular flexibility index (Phi) is 7.81. The molecule has 1 saturated carbocycles. The normalized spacial score (nSPS) is 19.3. The number of aromatic nitrogens is 6. The first-order valence-corrected chi connectivity index (χ1v) is 19.2. The van der Waals surface area contributed by atoms with Gasteiger partial charge in [0.1, 0.15) is 16.7 Å². The molecule has 0 spiro atoms. The number of aliphatic hydroxyl groups excluding tert-OH is 1. The SMILES string of the molecule is Cc1ccc(S(=O)(=O)n2nc(C)c3c(-c4nc5c(c(N6CC[C@@H](O)C(C)(C)C6)n4)CN(c4c(Cl)c(C6CC6)nn4C)CC5)c(C)ccc32)cc1. The van der Waals surface area contributed by atoms with Crippen molar-refractivity contribution < 1.29 is 13.5 Å². The number of benzene rings is 2. The van der Waals surface area contributed by atoms with Crippen molar-refractivity contribution in [3.8, 4) is 11.4 Å². The summed E-state index contributed by atoms with van der Waals surface area (Å²) < 4.78 is 30.9. The molecule has 0 unspecified atom stereocenters. The van der Waals surface area contributed by atoms with Gasteiger partial charge in [0.25, 0.3) is 10.0 Å². The zero-order chi connectivity index (χ0) is 35.3. The van der Waals surface area contributed by atoms with E-state index in [4.69, 9.17) is 26.7 Å². The van der Waals surface area contributed by atoms with E-state index in [1.165, 1.54) is 0 Å². The molecule has 0 bridgehead atoms. The average molecular weight is 715 g/mol. The van der Waals surface area contributed by atoms with E-state index in [2.05, 4.69) is 28.7 Å². The minimum absolute atomic E-state index is 0.180. The maximum atomic E-state index is 13.9. The highest BCUT2D eigenvalue weighted by Gasteiger charge is 2.39. The van der Waals surface area contributed by atoms with Gasteiger partial charge in [0.2, 0.25) is 0 Å². The molecule has 1 saturated heterocycles. The summed E-state index contributed by atoms with van der Waals surface area (Å²) in [6.07, 6.45) is 3.13. The van der Waals surface area contributed by atoms with E-state index in [9.17, 15) is 13.5 Å². The smallest absolute Gasteiger partial charge is 0.283 e. The number of fused-ring (bicyclic) bond motifs is 2.